The highest BCUT2D eigenvalue weighted by atomic mass is 32.2. The summed E-state index contributed by atoms with van der Waals surface area (Å²) < 4.78 is 1.31. The molecular formula is C11H13NS2. The molecule has 74 valence electrons. The Labute approximate surface area is 92.3 Å². The number of thiophene rings is 1. The molecule has 2 aromatic rings. The highest BCUT2D eigenvalue weighted by Gasteiger charge is 2.09. The molecule has 1 aromatic heterocycles. The molecule has 0 radical (unpaired) electrons. The summed E-state index contributed by atoms with van der Waals surface area (Å²) in [4.78, 5) is 2.89. The molecule has 2 rings (SSSR count). The van der Waals surface area contributed by atoms with Crippen LogP contribution in [-0.4, -0.2) is 6.26 Å². The Bertz CT molecular complexity index is 460. The number of nitrogens with two attached hydrogens (primary N) is 1. The van der Waals surface area contributed by atoms with E-state index in [4.69, 9.17) is 5.73 Å². The van der Waals surface area contributed by atoms with Crippen LogP contribution in [0.25, 0.3) is 10.1 Å². The third kappa shape index (κ3) is 1.51. The van der Waals surface area contributed by atoms with Gasteiger partial charge in [-0.25, -0.2) is 0 Å². The van der Waals surface area contributed by atoms with Gasteiger partial charge in [-0.2, -0.15) is 0 Å². The second kappa shape index (κ2) is 3.83. The number of aryl methyl sites for hydroxylation is 1. The molecule has 0 fully saturated rings. The topological polar surface area (TPSA) is 26.0 Å². The van der Waals surface area contributed by atoms with Crippen molar-refractivity contribution < 1.29 is 0 Å². The van der Waals surface area contributed by atoms with Crippen molar-refractivity contribution in [2.24, 2.45) is 0 Å². The normalized spacial score (nSPS) is 11.0. The van der Waals surface area contributed by atoms with Gasteiger partial charge in [0.2, 0.25) is 0 Å². The van der Waals surface area contributed by atoms with Crippen LogP contribution in [0.2, 0.25) is 0 Å². The minimum Gasteiger partial charge on any atom is -0.399 e. The van der Waals surface area contributed by atoms with Gasteiger partial charge in [0.15, 0.2) is 0 Å². The Hall–Kier alpha value is -0.670. The quantitative estimate of drug-likeness (QED) is 0.619. The Morgan fingerprint density at radius 2 is 2.21 bits per heavy atom. The first kappa shape index (κ1) is 9.87. The fourth-order valence-corrected chi connectivity index (χ4v) is 3.89. The smallest absolute Gasteiger partial charge is 0.0377 e. The second-order valence-corrected chi connectivity index (χ2v) is 5.12. The lowest BCUT2D eigenvalue weighted by molar-refractivity contribution is 1.15. The van der Waals surface area contributed by atoms with Crippen molar-refractivity contribution in [3.63, 3.8) is 0 Å². The molecule has 0 bridgehead atoms. The molecule has 0 atom stereocenters. The Balaban J connectivity index is 2.73. The van der Waals surface area contributed by atoms with E-state index >= 15 is 0 Å². The van der Waals surface area contributed by atoms with Crippen molar-refractivity contribution in [1.29, 1.82) is 0 Å². The van der Waals surface area contributed by atoms with Crippen LogP contribution in [0.3, 0.4) is 0 Å². The van der Waals surface area contributed by atoms with Gasteiger partial charge in [0.25, 0.3) is 0 Å². The van der Waals surface area contributed by atoms with Gasteiger partial charge in [-0.3, -0.25) is 0 Å². The summed E-state index contributed by atoms with van der Waals surface area (Å²) in [5.74, 6) is 0. The van der Waals surface area contributed by atoms with E-state index in [0.717, 1.165) is 12.1 Å². The lowest BCUT2D eigenvalue weighted by Gasteiger charge is -1.97. The number of nitrogen functional groups attached to an aromatic ring is 1. The standard InChI is InChI=1S/C11H13NS2/c1-3-9-11(13-2)8-5-4-7(12)6-10(8)14-9/h4-6H,3,12H2,1-2H3. The van der Waals surface area contributed by atoms with Crippen LogP contribution in [0.4, 0.5) is 5.69 Å². The van der Waals surface area contributed by atoms with Gasteiger partial charge in [-0.1, -0.05) is 13.0 Å². The lowest BCUT2D eigenvalue weighted by Crippen LogP contribution is -1.81. The average Bonchev–Trinajstić information content (AvgIpc) is 2.54. The van der Waals surface area contributed by atoms with Crippen molar-refractivity contribution in [2.75, 3.05) is 12.0 Å². The molecule has 0 unspecified atom stereocenters. The van der Waals surface area contributed by atoms with Gasteiger partial charge >= 0.3 is 0 Å². The molecule has 0 amide bonds. The lowest BCUT2D eigenvalue weighted by atomic mass is 10.2. The van der Waals surface area contributed by atoms with Crippen molar-refractivity contribution in [1.82, 2.24) is 0 Å². The van der Waals surface area contributed by atoms with E-state index in [1.807, 2.05) is 29.2 Å². The van der Waals surface area contributed by atoms with Gasteiger partial charge in [0.05, 0.1) is 0 Å². The fraction of sp³-hybridized carbons (Fsp3) is 0.273. The van der Waals surface area contributed by atoms with Gasteiger partial charge in [0.1, 0.15) is 0 Å². The summed E-state index contributed by atoms with van der Waals surface area (Å²) in [6.07, 6.45) is 3.24. The Morgan fingerprint density at radius 1 is 1.43 bits per heavy atom. The van der Waals surface area contributed by atoms with Crippen LogP contribution in [0.1, 0.15) is 11.8 Å². The number of thioether (sulfide) groups is 1. The van der Waals surface area contributed by atoms with E-state index in [1.165, 1.54) is 19.9 Å². The van der Waals surface area contributed by atoms with Crippen LogP contribution in [0.5, 0.6) is 0 Å². The first-order valence-corrected chi connectivity index (χ1v) is 6.65. The highest BCUT2D eigenvalue weighted by molar-refractivity contribution is 7.99. The first-order valence-electron chi connectivity index (χ1n) is 4.61. The van der Waals surface area contributed by atoms with Crippen LogP contribution in [0, 0.1) is 0 Å². The van der Waals surface area contributed by atoms with Crippen molar-refractivity contribution in [3.8, 4) is 0 Å². The summed E-state index contributed by atoms with van der Waals surface area (Å²) in [7, 11) is 0. The van der Waals surface area contributed by atoms with Crippen molar-refractivity contribution >= 4 is 38.9 Å². The van der Waals surface area contributed by atoms with E-state index in [2.05, 4.69) is 25.3 Å². The molecule has 0 saturated heterocycles. The minimum absolute atomic E-state index is 0.856. The van der Waals surface area contributed by atoms with E-state index in [9.17, 15) is 0 Å². The molecule has 0 aliphatic carbocycles. The molecule has 0 saturated carbocycles. The van der Waals surface area contributed by atoms with E-state index in [-0.39, 0.29) is 0 Å². The van der Waals surface area contributed by atoms with Gasteiger partial charge in [-0.15, -0.1) is 23.1 Å². The monoisotopic (exact) mass is 223 g/mol. The summed E-state index contributed by atoms with van der Waals surface area (Å²) in [5, 5.41) is 1.36. The van der Waals surface area contributed by atoms with E-state index in [1.54, 1.807) is 0 Å². The molecule has 1 heterocycles. The first-order chi connectivity index (χ1) is 6.76. The fourth-order valence-electron chi connectivity index (χ4n) is 1.60. The Kier molecular flexibility index (Phi) is 2.70. The summed E-state index contributed by atoms with van der Waals surface area (Å²) in [6.45, 7) is 2.20. The molecular weight excluding hydrogens is 210 g/mol. The number of rotatable bonds is 2. The Morgan fingerprint density at radius 3 is 2.86 bits per heavy atom. The third-order valence-electron chi connectivity index (χ3n) is 2.26. The number of anilines is 1. The third-order valence-corrected chi connectivity index (χ3v) is 4.56. The zero-order valence-corrected chi connectivity index (χ0v) is 9.97. The average molecular weight is 223 g/mol. The van der Waals surface area contributed by atoms with Crippen LogP contribution < -0.4 is 5.73 Å². The molecule has 2 N–H and O–H groups in total. The number of benzene rings is 1. The van der Waals surface area contributed by atoms with E-state index < -0.39 is 0 Å². The minimum atomic E-state index is 0.856. The largest absolute Gasteiger partial charge is 0.399 e. The van der Waals surface area contributed by atoms with Gasteiger partial charge in [-0.05, 0) is 24.8 Å². The molecule has 14 heavy (non-hydrogen) atoms. The summed E-state index contributed by atoms with van der Waals surface area (Å²) in [6, 6.07) is 6.18. The molecule has 0 spiro atoms. The predicted octanol–water partition coefficient (Wildman–Crippen LogP) is 3.77. The maximum Gasteiger partial charge on any atom is 0.0377 e. The summed E-state index contributed by atoms with van der Waals surface area (Å²) in [5.41, 5.74) is 6.62. The SMILES string of the molecule is CCc1sc2cc(N)ccc2c1SC. The molecule has 0 aliphatic rings. The zero-order chi connectivity index (χ0) is 10.1. The molecule has 1 aromatic carbocycles. The molecule has 3 heteroatoms. The summed E-state index contributed by atoms with van der Waals surface area (Å²) >= 11 is 3.69. The van der Waals surface area contributed by atoms with E-state index in [0.29, 0.717) is 0 Å². The second-order valence-electron chi connectivity index (χ2n) is 3.17. The van der Waals surface area contributed by atoms with Crippen molar-refractivity contribution in [3.05, 3.63) is 23.1 Å². The predicted molar refractivity (Wildman–Crippen MR) is 67.4 cm³/mol. The van der Waals surface area contributed by atoms with Crippen molar-refractivity contribution in [2.45, 2.75) is 18.2 Å². The zero-order valence-electron chi connectivity index (χ0n) is 8.33. The maximum atomic E-state index is 5.77. The van der Waals surface area contributed by atoms with Gasteiger partial charge < -0.3 is 5.73 Å². The van der Waals surface area contributed by atoms with Crippen LogP contribution in [-0.2, 0) is 6.42 Å². The number of hydrogen-bond donors (Lipinski definition) is 1. The molecule has 0 aliphatic heterocycles. The number of hydrogen-bond acceptors (Lipinski definition) is 3. The van der Waals surface area contributed by atoms with Crippen LogP contribution in [0.15, 0.2) is 23.1 Å². The van der Waals surface area contributed by atoms with Crippen LogP contribution >= 0.6 is 23.1 Å². The molecule has 1 nitrogen and oxygen atoms in total. The number of fused-ring (bicyclic) bond motifs is 1. The highest BCUT2D eigenvalue weighted by Crippen LogP contribution is 2.38. The maximum absolute atomic E-state index is 5.77. The van der Waals surface area contributed by atoms with Gasteiger partial charge in [0, 0.05) is 25.5 Å².